The molecular weight excluding hydrogens is 641 g/mol. The Balaban J connectivity index is 1.10. The van der Waals surface area contributed by atoms with Gasteiger partial charge in [-0.15, -0.1) is 11.3 Å². The Morgan fingerprint density at radius 2 is 1.00 bits per heavy atom. The zero-order valence-corrected chi connectivity index (χ0v) is 28.2. The lowest BCUT2D eigenvalue weighted by molar-refractivity contribution is 1.01. The van der Waals surface area contributed by atoms with E-state index in [1.54, 1.807) is 11.3 Å². The highest BCUT2D eigenvalue weighted by atomic mass is 32.1. The first-order valence-electron chi connectivity index (χ1n) is 17.2. The van der Waals surface area contributed by atoms with Crippen molar-refractivity contribution >= 4 is 75.3 Å². The summed E-state index contributed by atoms with van der Waals surface area (Å²) >= 11 is 1.74. The van der Waals surface area contributed by atoms with Crippen LogP contribution in [-0.4, -0.2) is 19.1 Å². The van der Waals surface area contributed by atoms with Gasteiger partial charge >= 0.3 is 0 Å². The van der Waals surface area contributed by atoms with E-state index in [1.807, 2.05) is 6.20 Å². The Hall–Kier alpha value is -6.56. The van der Waals surface area contributed by atoms with Crippen molar-refractivity contribution in [2.24, 2.45) is 0 Å². The second-order valence-electron chi connectivity index (χ2n) is 13.0. The lowest BCUT2D eigenvalue weighted by Gasteiger charge is -2.14. The summed E-state index contributed by atoms with van der Waals surface area (Å²) in [6.45, 7) is 0. The van der Waals surface area contributed by atoms with Crippen LogP contribution in [0.3, 0.4) is 0 Å². The van der Waals surface area contributed by atoms with Crippen molar-refractivity contribution in [2.45, 2.75) is 0 Å². The minimum Gasteiger partial charge on any atom is -0.309 e. The highest BCUT2D eigenvalue weighted by molar-refractivity contribution is 7.25. The molecule has 5 heteroatoms. The lowest BCUT2D eigenvalue weighted by atomic mass is 10.0. The zero-order chi connectivity index (χ0) is 33.5. The third-order valence-electron chi connectivity index (χ3n) is 10.2. The monoisotopic (exact) mass is 668 g/mol. The molecular formula is C46H28N4S. The Morgan fingerprint density at radius 1 is 0.412 bits per heavy atom. The van der Waals surface area contributed by atoms with Gasteiger partial charge in [-0.3, -0.25) is 4.57 Å². The maximum absolute atomic E-state index is 5.29. The molecule has 4 heterocycles. The summed E-state index contributed by atoms with van der Waals surface area (Å²) in [5.74, 6) is 0.686. The number of hydrogen-bond donors (Lipinski definition) is 0. The number of para-hydroxylation sites is 4. The molecule has 7 aromatic carbocycles. The van der Waals surface area contributed by atoms with E-state index in [4.69, 9.17) is 9.97 Å². The second-order valence-corrected chi connectivity index (χ2v) is 14.1. The topological polar surface area (TPSA) is 35.6 Å². The molecule has 0 atom stereocenters. The third kappa shape index (κ3) is 4.25. The van der Waals surface area contributed by atoms with Crippen molar-refractivity contribution in [3.63, 3.8) is 0 Å². The molecule has 0 bridgehead atoms. The second kappa shape index (κ2) is 11.0. The zero-order valence-electron chi connectivity index (χ0n) is 27.4. The molecule has 0 aliphatic heterocycles. The van der Waals surface area contributed by atoms with Gasteiger partial charge in [-0.05, 0) is 65.2 Å². The summed E-state index contributed by atoms with van der Waals surface area (Å²) in [5.41, 5.74) is 11.5. The van der Waals surface area contributed by atoms with Gasteiger partial charge in [-0.1, -0.05) is 115 Å². The molecule has 11 aromatic rings. The molecule has 0 aliphatic rings. The smallest absolute Gasteiger partial charge is 0.235 e. The summed E-state index contributed by atoms with van der Waals surface area (Å²) in [4.78, 5) is 10.2. The van der Waals surface area contributed by atoms with Gasteiger partial charge in [0.2, 0.25) is 5.95 Å². The number of benzene rings is 7. The normalized spacial score (nSPS) is 11.9. The van der Waals surface area contributed by atoms with E-state index in [0.29, 0.717) is 5.95 Å². The molecule has 51 heavy (non-hydrogen) atoms. The van der Waals surface area contributed by atoms with Crippen LogP contribution in [0.2, 0.25) is 0 Å². The third-order valence-corrected chi connectivity index (χ3v) is 11.3. The van der Waals surface area contributed by atoms with Crippen molar-refractivity contribution < 1.29 is 0 Å². The summed E-state index contributed by atoms with van der Waals surface area (Å²) in [6, 6.07) is 58.8. The highest BCUT2D eigenvalue weighted by Crippen LogP contribution is 2.41. The number of aromatic nitrogens is 4. The molecule has 238 valence electrons. The fourth-order valence-electron chi connectivity index (χ4n) is 7.92. The fourth-order valence-corrected chi connectivity index (χ4v) is 8.92. The van der Waals surface area contributed by atoms with Gasteiger partial charge in [0.05, 0.1) is 44.2 Å². The number of rotatable bonds is 4. The van der Waals surface area contributed by atoms with E-state index in [2.05, 4.69) is 173 Å². The first-order chi connectivity index (χ1) is 25.3. The molecule has 0 fully saturated rings. The van der Waals surface area contributed by atoms with E-state index in [-0.39, 0.29) is 0 Å². The number of thiophene rings is 1. The Bertz CT molecular complexity index is 3090. The van der Waals surface area contributed by atoms with Crippen molar-refractivity contribution in [3.8, 4) is 33.9 Å². The van der Waals surface area contributed by atoms with Gasteiger partial charge in [-0.2, -0.15) is 0 Å². The van der Waals surface area contributed by atoms with Crippen LogP contribution in [-0.2, 0) is 0 Å². The molecule has 11 rings (SSSR count). The standard InChI is InChI=1S/C46H28N4S/c1-2-12-29(13-3-1)30-22-24-42-36(26-30)35-17-7-9-19-39(35)49(42)38-18-8-4-14-32(38)31-23-25-43-37(27-31)45-44(51-43)28-47-46(48-45)50-40-20-10-5-15-33(40)34-16-6-11-21-41(34)50/h1-28H. The van der Waals surface area contributed by atoms with E-state index < -0.39 is 0 Å². The molecule has 0 saturated heterocycles. The van der Waals surface area contributed by atoms with Gasteiger partial charge < -0.3 is 4.57 Å². The van der Waals surface area contributed by atoms with Crippen LogP contribution in [0.1, 0.15) is 0 Å². The SMILES string of the molecule is c1ccc(-c2ccc3c(c2)c2ccccc2n3-c2ccccc2-c2ccc3sc4cnc(-n5c6ccccc6c6ccccc65)nc4c3c2)cc1. The first kappa shape index (κ1) is 28.3. The lowest BCUT2D eigenvalue weighted by Crippen LogP contribution is -2.00. The van der Waals surface area contributed by atoms with Crippen LogP contribution in [0.4, 0.5) is 0 Å². The quantitative estimate of drug-likeness (QED) is 0.187. The minimum absolute atomic E-state index is 0.686. The molecule has 0 aliphatic carbocycles. The molecule has 0 spiro atoms. The Kier molecular flexibility index (Phi) is 6.09. The molecule has 0 saturated carbocycles. The Morgan fingerprint density at radius 3 is 1.76 bits per heavy atom. The maximum Gasteiger partial charge on any atom is 0.235 e. The van der Waals surface area contributed by atoms with Crippen molar-refractivity contribution in [1.29, 1.82) is 0 Å². The van der Waals surface area contributed by atoms with Gasteiger partial charge in [0, 0.05) is 37.2 Å². The minimum atomic E-state index is 0.686. The van der Waals surface area contributed by atoms with Crippen LogP contribution in [0, 0.1) is 0 Å². The predicted molar refractivity (Wildman–Crippen MR) is 214 cm³/mol. The van der Waals surface area contributed by atoms with E-state index >= 15 is 0 Å². The van der Waals surface area contributed by atoms with Crippen LogP contribution in [0.15, 0.2) is 170 Å². The van der Waals surface area contributed by atoms with Gasteiger partial charge in [0.25, 0.3) is 0 Å². The van der Waals surface area contributed by atoms with Gasteiger partial charge in [0.1, 0.15) is 0 Å². The van der Waals surface area contributed by atoms with Crippen LogP contribution in [0.5, 0.6) is 0 Å². The average molecular weight is 669 g/mol. The van der Waals surface area contributed by atoms with Crippen molar-refractivity contribution in [2.75, 3.05) is 0 Å². The largest absolute Gasteiger partial charge is 0.309 e. The fraction of sp³-hybridized carbons (Fsp3) is 0. The molecule has 0 amide bonds. The molecule has 0 unspecified atom stereocenters. The maximum atomic E-state index is 5.29. The highest BCUT2D eigenvalue weighted by Gasteiger charge is 2.19. The Labute approximate surface area is 297 Å². The van der Waals surface area contributed by atoms with Crippen molar-refractivity contribution in [3.05, 3.63) is 170 Å². The first-order valence-corrected chi connectivity index (χ1v) is 18.0. The van der Waals surface area contributed by atoms with Gasteiger partial charge in [0.15, 0.2) is 0 Å². The number of hydrogen-bond acceptors (Lipinski definition) is 3. The van der Waals surface area contributed by atoms with Gasteiger partial charge in [-0.25, -0.2) is 9.97 Å². The molecule has 4 aromatic heterocycles. The predicted octanol–water partition coefficient (Wildman–Crippen LogP) is 12.4. The number of nitrogens with zero attached hydrogens (tertiary/aromatic N) is 4. The van der Waals surface area contributed by atoms with Crippen LogP contribution >= 0.6 is 11.3 Å². The van der Waals surface area contributed by atoms with E-state index in [9.17, 15) is 0 Å². The summed E-state index contributed by atoms with van der Waals surface area (Å²) in [6.07, 6.45) is 1.99. The molecule has 0 N–H and O–H groups in total. The van der Waals surface area contributed by atoms with Crippen LogP contribution < -0.4 is 0 Å². The summed E-state index contributed by atoms with van der Waals surface area (Å²) in [7, 11) is 0. The van der Waals surface area contributed by atoms with Crippen molar-refractivity contribution in [1.82, 2.24) is 19.1 Å². The molecule has 0 radical (unpaired) electrons. The number of fused-ring (bicyclic) bond motifs is 9. The summed E-state index contributed by atoms with van der Waals surface area (Å²) < 4.78 is 6.90. The van der Waals surface area contributed by atoms with E-state index in [0.717, 1.165) is 37.9 Å². The van der Waals surface area contributed by atoms with E-state index in [1.165, 1.54) is 54.0 Å². The van der Waals surface area contributed by atoms with Crippen LogP contribution in [0.25, 0.3) is 97.8 Å². The summed E-state index contributed by atoms with van der Waals surface area (Å²) in [5, 5.41) is 6.03. The molecule has 4 nitrogen and oxygen atoms in total. The average Bonchev–Trinajstić information content (AvgIpc) is 3.85.